The number of benzene rings is 2. The number of ether oxygens (including phenoxy) is 1. The van der Waals surface area contributed by atoms with Gasteiger partial charge in [-0.1, -0.05) is 23.9 Å². The molecule has 1 aliphatic heterocycles. The van der Waals surface area contributed by atoms with E-state index in [1.54, 1.807) is 25.9 Å². The lowest BCUT2D eigenvalue weighted by atomic mass is 9.88. The van der Waals surface area contributed by atoms with Crippen LogP contribution in [0.4, 0.5) is 5.69 Å². The second-order valence-corrected chi connectivity index (χ2v) is 7.43. The van der Waals surface area contributed by atoms with Gasteiger partial charge in [0.2, 0.25) is 0 Å². The maximum absolute atomic E-state index is 12.5. The molecule has 2 N–H and O–H groups in total. The van der Waals surface area contributed by atoms with Crippen molar-refractivity contribution in [1.29, 1.82) is 0 Å². The number of nitrogens with zero attached hydrogens (tertiary/aromatic N) is 1. The third kappa shape index (κ3) is 4.02. The number of amidine groups is 1. The van der Waals surface area contributed by atoms with E-state index in [2.05, 4.69) is 22.5 Å². The first-order valence-electron chi connectivity index (χ1n) is 8.48. The molecule has 0 bridgehead atoms. The van der Waals surface area contributed by atoms with Crippen molar-refractivity contribution >= 4 is 28.5 Å². The maximum atomic E-state index is 12.5. The molecule has 6 heteroatoms. The van der Waals surface area contributed by atoms with Crippen LogP contribution < -0.4 is 15.4 Å². The Labute approximate surface area is 158 Å². The van der Waals surface area contributed by atoms with Crippen molar-refractivity contribution < 1.29 is 9.53 Å². The minimum Gasteiger partial charge on any atom is -0.497 e. The lowest BCUT2D eigenvalue weighted by molar-refractivity contribution is 0.102. The predicted octanol–water partition coefficient (Wildman–Crippen LogP) is 3.88. The first kappa shape index (κ1) is 18.3. The average Bonchev–Trinajstić information content (AvgIpc) is 2.68. The van der Waals surface area contributed by atoms with Crippen LogP contribution in [0.15, 0.2) is 53.5 Å². The van der Waals surface area contributed by atoms with Gasteiger partial charge in [0.15, 0.2) is 5.17 Å². The molecule has 2 aromatic rings. The molecule has 1 amide bonds. The van der Waals surface area contributed by atoms with Gasteiger partial charge in [-0.15, -0.1) is 0 Å². The van der Waals surface area contributed by atoms with E-state index in [4.69, 9.17) is 4.74 Å². The summed E-state index contributed by atoms with van der Waals surface area (Å²) in [6, 6.07) is 15.0. The Balaban J connectivity index is 1.71. The van der Waals surface area contributed by atoms with Crippen molar-refractivity contribution in [3.8, 4) is 5.75 Å². The summed E-state index contributed by atoms with van der Waals surface area (Å²) < 4.78 is 5.13. The van der Waals surface area contributed by atoms with Crippen LogP contribution in [0.2, 0.25) is 0 Å². The fraction of sp³-hybridized carbons (Fsp3) is 0.300. The summed E-state index contributed by atoms with van der Waals surface area (Å²) >= 11 is 1.74. The molecule has 26 heavy (non-hydrogen) atoms. The average molecular weight is 369 g/mol. The molecule has 0 spiro atoms. The van der Waals surface area contributed by atoms with E-state index in [-0.39, 0.29) is 11.4 Å². The molecule has 3 rings (SSSR count). The lowest BCUT2D eigenvalue weighted by Gasteiger charge is -2.36. The summed E-state index contributed by atoms with van der Waals surface area (Å²) in [4.78, 5) is 16.7. The zero-order valence-corrected chi connectivity index (χ0v) is 16.0. The Morgan fingerprint density at radius 1 is 1.19 bits per heavy atom. The zero-order valence-electron chi connectivity index (χ0n) is 15.2. The van der Waals surface area contributed by atoms with Gasteiger partial charge in [-0.25, -0.2) is 0 Å². The van der Waals surface area contributed by atoms with Gasteiger partial charge in [0.05, 0.1) is 12.6 Å². The SMILES string of the molecule is CN=C1NC(C)(c2ccc(C(=O)Nc3ccc(OC)cc3)cc2)CCS1. The number of hydrogen-bond acceptors (Lipinski definition) is 4. The standard InChI is InChI=1S/C20H23N3O2S/c1-20(12-13-26-19(21-2)23-20)15-6-4-14(5-7-15)18(24)22-16-8-10-17(25-3)11-9-16/h4-11H,12-13H2,1-3H3,(H,21,23)(H,22,24). The molecule has 1 unspecified atom stereocenters. The number of rotatable bonds is 4. The number of anilines is 1. The highest BCUT2D eigenvalue weighted by Gasteiger charge is 2.31. The topological polar surface area (TPSA) is 62.7 Å². The molecule has 0 saturated carbocycles. The molecule has 136 valence electrons. The van der Waals surface area contributed by atoms with Gasteiger partial charge in [0, 0.05) is 24.1 Å². The quantitative estimate of drug-likeness (QED) is 0.859. The minimum absolute atomic E-state index is 0.130. The number of thioether (sulfide) groups is 1. The Hall–Kier alpha value is -2.47. The van der Waals surface area contributed by atoms with Crippen LogP contribution in [0, 0.1) is 0 Å². The lowest BCUT2D eigenvalue weighted by Crippen LogP contribution is -2.46. The molecular weight excluding hydrogens is 346 g/mol. The molecule has 1 saturated heterocycles. The van der Waals surface area contributed by atoms with Gasteiger partial charge in [0.1, 0.15) is 5.75 Å². The summed E-state index contributed by atoms with van der Waals surface area (Å²) in [5.74, 6) is 1.65. The van der Waals surface area contributed by atoms with Crippen LogP contribution in [0.3, 0.4) is 0 Å². The van der Waals surface area contributed by atoms with Gasteiger partial charge in [-0.3, -0.25) is 9.79 Å². The monoisotopic (exact) mass is 369 g/mol. The number of nitrogens with one attached hydrogen (secondary N) is 2. The van der Waals surface area contributed by atoms with Crippen LogP contribution in [-0.4, -0.2) is 31.0 Å². The molecular formula is C20H23N3O2S. The molecule has 2 aromatic carbocycles. The number of methoxy groups -OCH3 is 1. The van der Waals surface area contributed by atoms with Crippen LogP contribution in [0.1, 0.15) is 29.3 Å². The summed E-state index contributed by atoms with van der Waals surface area (Å²) in [7, 11) is 3.42. The number of aliphatic imine (C=N–C) groups is 1. The van der Waals surface area contributed by atoms with E-state index in [1.165, 1.54) is 0 Å². The second-order valence-electron chi connectivity index (χ2n) is 6.34. The van der Waals surface area contributed by atoms with Gasteiger partial charge in [-0.05, 0) is 55.3 Å². The van der Waals surface area contributed by atoms with Crippen molar-refractivity contribution in [2.75, 3.05) is 25.2 Å². The second kappa shape index (κ2) is 7.83. The van der Waals surface area contributed by atoms with Crippen molar-refractivity contribution in [3.63, 3.8) is 0 Å². The van der Waals surface area contributed by atoms with Crippen molar-refractivity contribution in [1.82, 2.24) is 5.32 Å². The van der Waals surface area contributed by atoms with E-state index in [9.17, 15) is 4.79 Å². The van der Waals surface area contributed by atoms with Crippen LogP contribution in [0.25, 0.3) is 0 Å². The summed E-state index contributed by atoms with van der Waals surface area (Å²) in [5, 5.41) is 7.36. The zero-order chi connectivity index (χ0) is 18.6. The summed E-state index contributed by atoms with van der Waals surface area (Å²) in [5.41, 5.74) is 2.36. The highest BCUT2D eigenvalue weighted by molar-refractivity contribution is 8.13. The molecule has 0 aliphatic carbocycles. The minimum atomic E-state index is -0.162. The third-order valence-electron chi connectivity index (χ3n) is 4.56. The Morgan fingerprint density at radius 3 is 2.50 bits per heavy atom. The van der Waals surface area contributed by atoms with Gasteiger partial charge < -0.3 is 15.4 Å². The maximum Gasteiger partial charge on any atom is 0.255 e. The third-order valence-corrected chi connectivity index (χ3v) is 5.53. The highest BCUT2D eigenvalue weighted by atomic mass is 32.2. The molecule has 0 aromatic heterocycles. The first-order chi connectivity index (χ1) is 12.5. The van der Waals surface area contributed by atoms with Crippen LogP contribution >= 0.6 is 11.8 Å². The van der Waals surface area contributed by atoms with Crippen molar-refractivity contribution in [3.05, 3.63) is 59.7 Å². The van der Waals surface area contributed by atoms with Crippen LogP contribution in [0.5, 0.6) is 5.75 Å². The van der Waals surface area contributed by atoms with E-state index in [0.29, 0.717) is 5.56 Å². The number of carbonyl (C=O) groups excluding carboxylic acids is 1. The van der Waals surface area contributed by atoms with Crippen molar-refractivity contribution in [2.24, 2.45) is 4.99 Å². The fourth-order valence-electron chi connectivity index (χ4n) is 2.89. The van der Waals surface area contributed by atoms with E-state index in [1.807, 2.05) is 48.5 Å². The Morgan fingerprint density at radius 2 is 1.88 bits per heavy atom. The molecule has 1 heterocycles. The van der Waals surface area contributed by atoms with Gasteiger partial charge in [0.25, 0.3) is 5.91 Å². The summed E-state index contributed by atoms with van der Waals surface area (Å²) in [6.45, 7) is 2.17. The number of hydrogen-bond donors (Lipinski definition) is 2. The number of amides is 1. The number of carbonyl (C=O) groups is 1. The Kier molecular flexibility index (Phi) is 5.52. The molecule has 1 fully saturated rings. The van der Waals surface area contributed by atoms with Gasteiger partial charge >= 0.3 is 0 Å². The summed E-state index contributed by atoms with van der Waals surface area (Å²) in [6.07, 6.45) is 1.01. The predicted molar refractivity (Wildman–Crippen MR) is 108 cm³/mol. The normalized spacial score (nSPS) is 21.1. The smallest absolute Gasteiger partial charge is 0.255 e. The van der Waals surface area contributed by atoms with Crippen LogP contribution in [-0.2, 0) is 5.54 Å². The van der Waals surface area contributed by atoms with Crippen molar-refractivity contribution in [2.45, 2.75) is 18.9 Å². The van der Waals surface area contributed by atoms with E-state index in [0.717, 1.165) is 34.3 Å². The van der Waals surface area contributed by atoms with E-state index >= 15 is 0 Å². The molecule has 1 atom stereocenters. The molecule has 5 nitrogen and oxygen atoms in total. The van der Waals surface area contributed by atoms with Gasteiger partial charge in [-0.2, -0.15) is 0 Å². The fourth-order valence-corrected chi connectivity index (χ4v) is 4.02. The Bertz CT molecular complexity index is 803. The highest BCUT2D eigenvalue weighted by Crippen LogP contribution is 2.31. The largest absolute Gasteiger partial charge is 0.497 e. The molecule has 0 radical (unpaired) electrons. The molecule has 1 aliphatic rings. The first-order valence-corrected chi connectivity index (χ1v) is 9.46. The van der Waals surface area contributed by atoms with E-state index < -0.39 is 0 Å².